The summed E-state index contributed by atoms with van der Waals surface area (Å²) in [5.41, 5.74) is 1.73. The fourth-order valence-electron chi connectivity index (χ4n) is 3.99. The number of unbranched alkanes of at least 4 members (excludes halogenated alkanes) is 1. The van der Waals surface area contributed by atoms with E-state index in [4.69, 9.17) is 4.74 Å². The Labute approximate surface area is 190 Å². The van der Waals surface area contributed by atoms with E-state index in [-0.39, 0.29) is 24.4 Å². The van der Waals surface area contributed by atoms with Crippen LogP contribution < -0.4 is 16.0 Å². The number of nitrogens with zero attached hydrogens (tertiary/aromatic N) is 3. The van der Waals surface area contributed by atoms with E-state index in [1.54, 1.807) is 36.0 Å². The van der Waals surface area contributed by atoms with Crippen molar-refractivity contribution in [2.45, 2.75) is 31.4 Å². The molecule has 0 unspecified atom stereocenters. The Bertz CT molecular complexity index is 1110. The fourth-order valence-corrected chi connectivity index (χ4v) is 3.99. The monoisotopic (exact) mass is 458 g/mol. The number of methoxy groups -OCH3 is 1. The predicted molar refractivity (Wildman–Crippen MR) is 122 cm³/mol. The van der Waals surface area contributed by atoms with Gasteiger partial charge < -0.3 is 20.7 Å². The van der Waals surface area contributed by atoms with E-state index >= 15 is 0 Å². The first kappa shape index (κ1) is 23.1. The maximum absolute atomic E-state index is 14.9. The van der Waals surface area contributed by atoms with Crippen LogP contribution in [0.25, 0.3) is 16.9 Å². The van der Waals surface area contributed by atoms with Crippen molar-refractivity contribution in [1.29, 1.82) is 0 Å². The standard InChI is InChI=1S/C23H28F2N6O2/c1-33-20-8-11-26-18(20)13-29-23(32)16-5-4-15(12-17(16)25)19-14-28-22-7-6-21(30-31(19)22)27-10-3-2-9-24/h4-7,12,14,18,20,26H,2-3,8-11,13H2,1H3,(H,27,30)(H,29,32)/t18-,20+/m1/s1. The van der Waals surface area contributed by atoms with Crippen molar-refractivity contribution < 1.29 is 18.3 Å². The van der Waals surface area contributed by atoms with Gasteiger partial charge in [-0.1, -0.05) is 6.07 Å². The van der Waals surface area contributed by atoms with Gasteiger partial charge in [0.05, 0.1) is 36.3 Å². The van der Waals surface area contributed by atoms with E-state index in [1.807, 2.05) is 0 Å². The third-order valence-corrected chi connectivity index (χ3v) is 5.81. The van der Waals surface area contributed by atoms with Gasteiger partial charge in [-0.05, 0) is 50.1 Å². The highest BCUT2D eigenvalue weighted by atomic mass is 19.1. The van der Waals surface area contributed by atoms with Crippen LogP contribution in [0.15, 0.2) is 36.5 Å². The van der Waals surface area contributed by atoms with Crippen LogP contribution in [0, 0.1) is 5.82 Å². The Kier molecular flexibility index (Phi) is 7.46. The van der Waals surface area contributed by atoms with Crippen molar-refractivity contribution in [2.75, 3.05) is 38.7 Å². The number of halogens is 2. The first-order valence-electron chi connectivity index (χ1n) is 11.1. The molecule has 2 atom stereocenters. The second-order valence-corrected chi connectivity index (χ2v) is 7.98. The van der Waals surface area contributed by atoms with Crippen LogP contribution in [0.4, 0.5) is 14.6 Å². The van der Waals surface area contributed by atoms with Crippen molar-refractivity contribution in [3.63, 3.8) is 0 Å². The molecule has 1 amide bonds. The Balaban J connectivity index is 1.47. The highest BCUT2D eigenvalue weighted by Crippen LogP contribution is 2.23. The number of fused-ring (bicyclic) bond motifs is 1. The number of amides is 1. The Hall–Kier alpha value is -3.11. The number of carbonyl (C=O) groups is 1. The molecule has 1 saturated heterocycles. The van der Waals surface area contributed by atoms with Gasteiger partial charge in [0.15, 0.2) is 5.65 Å². The number of ether oxygens (including phenoxy) is 1. The SMILES string of the molecule is CO[C@H]1CCN[C@@H]1CNC(=O)c1ccc(-c2cnc3ccc(NCCCCF)nn23)cc1F. The fraction of sp³-hybridized carbons (Fsp3) is 0.435. The van der Waals surface area contributed by atoms with Crippen LogP contribution in [0.2, 0.25) is 0 Å². The maximum atomic E-state index is 14.9. The largest absolute Gasteiger partial charge is 0.380 e. The van der Waals surface area contributed by atoms with Gasteiger partial charge in [-0.15, -0.1) is 5.10 Å². The summed E-state index contributed by atoms with van der Waals surface area (Å²) in [7, 11) is 1.64. The van der Waals surface area contributed by atoms with Gasteiger partial charge in [-0.25, -0.2) is 13.9 Å². The minimum absolute atomic E-state index is 0.00490. The molecule has 3 N–H and O–H groups in total. The molecule has 3 heterocycles. The molecule has 3 aromatic rings. The van der Waals surface area contributed by atoms with E-state index in [1.165, 1.54) is 12.1 Å². The van der Waals surface area contributed by atoms with E-state index in [0.717, 1.165) is 13.0 Å². The van der Waals surface area contributed by atoms with Crippen LogP contribution in [0.5, 0.6) is 0 Å². The zero-order valence-electron chi connectivity index (χ0n) is 18.5. The molecule has 1 aromatic carbocycles. The third-order valence-electron chi connectivity index (χ3n) is 5.81. The molecule has 1 aliphatic rings. The third kappa shape index (κ3) is 5.28. The molecule has 0 bridgehead atoms. The average Bonchev–Trinajstić information content (AvgIpc) is 3.46. The summed E-state index contributed by atoms with van der Waals surface area (Å²) in [5, 5.41) is 13.7. The van der Waals surface area contributed by atoms with Gasteiger partial charge >= 0.3 is 0 Å². The number of imidazole rings is 1. The molecule has 1 aliphatic heterocycles. The van der Waals surface area contributed by atoms with Crippen LogP contribution in [-0.4, -0.2) is 66.1 Å². The topological polar surface area (TPSA) is 92.6 Å². The maximum Gasteiger partial charge on any atom is 0.254 e. The lowest BCUT2D eigenvalue weighted by atomic mass is 10.1. The van der Waals surface area contributed by atoms with E-state index in [2.05, 4.69) is 26.0 Å². The molecule has 0 aliphatic carbocycles. The molecule has 4 rings (SSSR count). The van der Waals surface area contributed by atoms with Crippen LogP contribution in [0.1, 0.15) is 29.6 Å². The first-order chi connectivity index (χ1) is 16.1. The lowest BCUT2D eigenvalue weighted by Crippen LogP contribution is -2.43. The molecule has 176 valence electrons. The van der Waals surface area contributed by atoms with Gasteiger partial charge in [0.25, 0.3) is 5.91 Å². The van der Waals surface area contributed by atoms with Crippen LogP contribution in [0.3, 0.4) is 0 Å². The van der Waals surface area contributed by atoms with Crippen molar-refractivity contribution in [3.05, 3.63) is 47.9 Å². The zero-order valence-corrected chi connectivity index (χ0v) is 18.5. The van der Waals surface area contributed by atoms with Crippen molar-refractivity contribution in [2.24, 2.45) is 0 Å². The second kappa shape index (κ2) is 10.7. The lowest BCUT2D eigenvalue weighted by molar-refractivity contribution is 0.0843. The minimum Gasteiger partial charge on any atom is -0.380 e. The van der Waals surface area contributed by atoms with Gasteiger partial charge in [0, 0.05) is 25.8 Å². The molecule has 0 radical (unpaired) electrons. The molecule has 8 nitrogen and oxygen atoms in total. The minimum atomic E-state index is -0.622. The molecule has 0 saturated carbocycles. The average molecular weight is 459 g/mol. The molecular formula is C23H28F2N6O2. The molecule has 2 aromatic heterocycles. The summed E-state index contributed by atoms with van der Waals surface area (Å²) < 4.78 is 34.1. The van der Waals surface area contributed by atoms with Crippen molar-refractivity contribution in [3.8, 4) is 11.3 Å². The quantitative estimate of drug-likeness (QED) is 0.405. The zero-order chi connectivity index (χ0) is 23.2. The summed E-state index contributed by atoms with van der Waals surface area (Å²) in [6.45, 7) is 1.44. The smallest absolute Gasteiger partial charge is 0.254 e. The summed E-state index contributed by atoms with van der Waals surface area (Å²) >= 11 is 0. The summed E-state index contributed by atoms with van der Waals surface area (Å²) in [5.74, 6) is -0.478. The number of nitrogens with one attached hydrogen (secondary N) is 3. The first-order valence-corrected chi connectivity index (χ1v) is 11.1. The Morgan fingerprint density at radius 1 is 1.30 bits per heavy atom. The molecular weight excluding hydrogens is 430 g/mol. The van der Waals surface area contributed by atoms with E-state index < -0.39 is 11.7 Å². The van der Waals surface area contributed by atoms with E-state index in [0.29, 0.717) is 48.7 Å². The normalized spacial score (nSPS) is 18.0. The summed E-state index contributed by atoms with van der Waals surface area (Å²) in [6.07, 6.45) is 3.71. The number of carbonyl (C=O) groups excluding carboxylic acids is 1. The van der Waals surface area contributed by atoms with Crippen LogP contribution >= 0.6 is 0 Å². The lowest BCUT2D eigenvalue weighted by Gasteiger charge is -2.18. The summed E-state index contributed by atoms with van der Waals surface area (Å²) in [6, 6.07) is 8.06. The van der Waals surface area contributed by atoms with Crippen molar-refractivity contribution >= 4 is 17.4 Å². The molecule has 10 heteroatoms. The highest BCUT2D eigenvalue weighted by Gasteiger charge is 2.27. The molecule has 33 heavy (non-hydrogen) atoms. The Morgan fingerprint density at radius 3 is 2.97 bits per heavy atom. The number of hydrogen-bond donors (Lipinski definition) is 3. The van der Waals surface area contributed by atoms with Gasteiger partial charge in [-0.3, -0.25) is 9.18 Å². The predicted octanol–water partition coefficient (Wildman–Crippen LogP) is 2.80. The number of aromatic nitrogens is 3. The Morgan fingerprint density at radius 2 is 2.18 bits per heavy atom. The van der Waals surface area contributed by atoms with Gasteiger partial charge in [-0.2, -0.15) is 0 Å². The number of benzene rings is 1. The van der Waals surface area contributed by atoms with Gasteiger partial charge in [0.1, 0.15) is 11.6 Å². The molecule has 1 fully saturated rings. The van der Waals surface area contributed by atoms with Crippen molar-refractivity contribution in [1.82, 2.24) is 25.2 Å². The van der Waals surface area contributed by atoms with Crippen LogP contribution in [-0.2, 0) is 4.74 Å². The second-order valence-electron chi connectivity index (χ2n) is 7.98. The molecule has 0 spiro atoms. The summed E-state index contributed by atoms with van der Waals surface area (Å²) in [4.78, 5) is 16.9. The number of rotatable bonds is 10. The van der Waals surface area contributed by atoms with Gasteiger partial charge in [0.2, 0.25) is 0 Å². The number of hydrogen-bond acceptors (Lipinski definition) is 6. The highest BCUT2D eigenvalue weighted by molar-refractivity contribution is 5.95. The number of anilines is 1. The van der Waals surface area contributed by atoms with E-state index in [9.17, 15) is 13.6 Å². The number of alkyl halides is 1.